The SMILES string of the molecule is C[n+]1cc(Cl)c(NC(=O)c2ccc(OC(F)F)c3oc4ccccc4c23)c(Cl)c1. The highest BCUT2D eigenvalue weighted by molar-refractivity contribution is 6.39. The summed E-state index contributed by atoms with van der Waals surface area (Å²) in [6, 6.07) is 9.55. The summed E-state index contributed by atoms with van der Waals surface area (Å²) >= 11 is 12.4. The molecule has 9 heteroatoms. The first-order valence-electron chi connectivity index (χ1n) is 8.40. The van der Waals surface area contributed by atoms with E-state index in [1.165, 1.54) is 12.1 Å². The van der Waals surface area contributed by atoms with Crippen molar-refractivity contribution < 1.29 is 27.3 Å². The highest BCUT2D eigenvalue weighted by Gasteiger charge is 2.23. The molecule has 0 aliphatic carbocycles. The van der Waals surface area contributed by atoms with Crippen molar-refractivity contribution in [2.75, 3.05) is 5.32 Å². The van der Waals surface area contributed by atoms with Crippen molar-refractivity contribution in [2.24, 2.45) is 7.05 Å². The number of alkyl halides is 2. The largest absolute Gasteiger partial charge is 0.452 e. The van der Waals surface area contributed by atoms with Gasteiger partial charge in [-0.2, -0.15) is 8.78 Å². The zero-order valence-corrected chi connectivity index (χ0v) is 16.4. The van der Waals surface area contributed by atoms with Crippen LogP contribution in [0.3, 0.4) is 0 Å². The molecule has 0 radical (unpaired) electrons. The Morgan fingerprint density at radius 3 is 2.52 bits per heavy atom. The van der Waals surface area contributed by atoms with Gasteiger partial charge in [-0.05, 0) is 18.2 Å². The number of benzene rings is 2. The van der Waals surface area contributed by atoms with Crippen LogP contribution in [0.2, 0.25) is 10.0 Å². The van der Waals surface area contributed by atoms with Crippen LogP contribution in [0.25, 0.3) is 21.9 Å². The second kappa shape index (κ2) is 7.50. The molecular weight excluding hydrogens is 425 g/mol. The Morgan fingerprint density at radius 1 is 1.14 bits per heavy atom. The molecule has 0 unspecified atom stereocenters. The Bertz CT molecular complexity index is 1230. The lowest BCUT2D eigenvalue weighted by atomic mass is 10.0. The molecule has 5 nitrogen and oxygen atoms in total. The van der Waals surface area contributed by atoms with Crippen molar-refractivity contribution in [3.05, 3.63) is 64.4 Å². The lowest BCUT2D eigenvalue weighted by Gasteiger charge is -2.10. The fourth-order valence-corrected chi connectivity index (χ4v) is 3.78. The number of nitrogens with zero attached hydrogens (tertiary/aromatic N) is 1. The van der Waals surface area contributed by atoms with E-state index in [0.29, 0.717) is 16.4 Å². The molecule has 2 heterocycles. The summed E-state index contributed by atoms with van der Waals surface area (Å²) in [6.07, 6.45) is 3.18. The molecule has 0 fully saturated rings. The van der Waals surface area contributed by atoms with Gasteiger partial charge in [0.2, 0.25) is 0 Å². The molecule has 0 saturated heterocycles. The summed E-state index contributed by atoms with van der Waals surface area (Å²) in [4.78, 5) is 13.0. The van der Waals surface area contributed by atoms with E-state index in [4.69, 9.17) is 27.6 Å². The maximum Gasteiger partial charge on any atom is 0.387 e. The van der Waals surface area contributed by atoms with Gasteiger partial charge in [-0.3, -0.25) is 4.79 Å². The van der Waals surface area contributed by atoms with Crippen LogP contribution in [0.4, 0.5) is 14.5 Å². The van der Waals surface area contributed by atoms with E-state index in [9.17, 15) is 13.6 Å². The van der Waals surface area contributed by atoms with Gasteiger partial charge >= 0.3 is 6.61 Å². The first kappa shape index (κ1) is 19.4. The van der Waals surface area contributed by atoms with Gasteiger partial charge in [0.15, 0.2) is 23.7 Å². The summed E-state index contributed by atoms with van der Waals surface area (Å²) in [5.74, 6) is -0.687. The Hall–Kier alpha value is -2.90. The van der Waals surface area contributed by atoms with Crippen LogP contribution in [-0.2, 0) is 7.05 Å². The van der Waals surface area contributed by atoms with Crippen LogP contribution in [0.1, 0.15) is 10.4 Å². The normalized spacial score (nSPS) is 11.4. The van der Waals surface area contributed by atoms with Crippen LogP contribution in [0.5, 0.6) is 5.75 Å². The number of anilines is 1. The number of ether oxygens (including phenoxy) is 1. The number of amides is 1. The van der Waals surface area contributed by atoms with Crippen molar-refractivity contribution in [2.45, 2.75) is 6.61 Å². The van der Waals surface area contributed by atoms with Crippen LogP contribution in [-0.4, -0.2) is 12.5 Å². The number of carbonyl (C=O) groups is 1. The number of aromatic nitrogens is 1. The standard InChI is InChI=1S/C20H12Cl2F2N2O3/c1-26-8-12(21)17(13(22)9-26)25-19(27)11-6-7-15(29-20(23)24)18-16(11)10-4-2-3-5-14(10)28-18/h2-9,20H,1H3/p+1. The fraction of sp³-hybridized carbons (Fsp3) is 0.100. The first-order valence-corrected chi connectivity index (χ1v) is 9.15. The molecule has 2 aromatic carbocycles. The van der Waals surface area contributed by atoms with Gasteiger partial charge in [0.1, 0.15) is 22.7 Å². The van der Waals surface area contributed by atoms with E-state index in [1.54, 1.807) is 48.3 Å². The van der Waals surface area contributed by atoms with Gasteiger partial charge in [0, 0.05) is 10.8 Å². The summed E-state index contributed by atoms with van der Waals surface area (Å²) in [7, 11) is 1.74. The second-order valence-corrected chi connectivity index (χ2v) is 7.06. The molecular formula is C20H13Cl2F2N2O3+. The number of pyridine rings is 1. The number of hydrogen-bond donors (Lipinski definition) is 1. The first-order chi connectivity index (χ1) is 13.8. The van der Waals surface area contributed by atoms with E-state index in [-0.39, 0.29) is 32.6 Å². The highest BCUT2D eigenvalue weighted by atomic mass is 35.5. The number of carbonyl (C=O) groups excluding carboxylic acids is 1. The third-order valence-electron chi connectivity index (χ3n) is 4.30. The predicted octanol–water partition coefficient (Wildman–Crippen LogP) is 5.57. The topological polar surface area (TPSA) is 55.4 Å². The summed E-state index contributed by atoms with van der Waals surface area (Å²) < 4.78 is 37.5. The summed E-state index contributed by atoms with van der Waals surface area (Å²) in [5, 5.41) is 4.12. The van der Waals surface area contributed by atoms with Crippen LogP contribution in [0, 0.1) is 0 Å². The zero-order valence-electron chi connectivity index (χ0n) is 14.9. The van der Waals surface area contributed by atoms with E-state index in [1.807, 2.05) is 0 Å². The maximum absolute atomic E-state index is 13.0. The molecule has 0 saturated carbocycles. The quantitative estimate of drug-likeness (QED) is 0.424. The number of para-hydroxylation sites is 1. The van der Waals surface area contributed by atoms with Crippen LogP contribution < -0.4 is 14.6 Å². The molecule has 1 amide bonds. The van der Waals surface area contributed by atoms with Crippen molar-refractivity contribution in [3.63, 3.8) is 0 Å². The lowest BCUT2D eigenvalue weighted by Crippen LogP contribution is -2.27. The minimum Gasteiger partial charge on any atom is -0.452 e. The van der Waals surface area contributed by atoms with Gasteiger partial charge in [-0.25, -0.2) is 4.57 Å². The predicted molar refractivity (Wildman–Crippen MR) is 106 cm³/mol. The van der Waals surface area contributed by atoms with Crippen LogP contribution in [0.15, 0.2) is 53.2 Å². The van der Waals surface area contributed by atoms with Crippen LogP contribution >= 0.6 is 23.2 Å². The second-order valence-electron chi connectivity index (χ2n) is 6.24. The molecule has 0 atom stereocenters. The van der Waals surface area contributed by atoms with E-state index < -0.39 is 12.5 Å². The maximum atomic E-state index is 13.0. The number of nitrogens with one attached hydrogen (secondary N) is 1. The Kier molecular flexibility index (Phi) is 5.02. The molecule has 0 aliphatic heterocycles. The van der Waals surface area contributed by atoms with Gasteiger partial charge < -0.3 is 14.5 Å². The molecule has 4 aromatic rings. The summed E-state index contributed by atoms with van der Waals surface area (Å²) in [5.41, 5.74) is 0.928. The van der Waals surface area contributed by atoms with Crippen molar-refractivity contribution in [1.82, 2.24) is 0 Å². The molecule has 0 aliphatic rings. The van der Waals surface area contributed by atoms with Crippen molar-refractivity contribution in [1.29, 1.82) is 0 Å². The van der Waals surface area contributed by atoms with E-state index in [0.717, 1.165) is 0 Å². The molecule has 4 rings (SSSR count). The minimum atomic E-state index is -3.03. The minimum absolute atomic E-state index is 0.0517. The number of aryl methyl sites for hydroxylation is 1. The molecule has 1 N–H and O–H groups in total. The number of fused-ring (bicyclic) bond motifs is 3. The number of hydrogen-bond acceptors (Lipinski definition) is 3. The Labute approximate surface area is 173 Å². The average Bonchev–Trinajstić information content (AvgIpc) is 3.04. The monoisotopic (exact) mass is 437 g/mol. The van der Waals surface area contributed by atoms with Gasteiger partial charge in [-0.15, -0.1) is 0 Å². The number of furan rings is 1. The molecule has 148 valence electrons. The van der Waals surface area contributed by atoms with Crippen molar-refractivity contribution >= 4 is 56.7 Å². The molecule has 0 bridgehead atoms. The van der Waals surface area contributed by atoms with Gasteiger partial charge in [-0.1, -0.05) is 41.4 Å². The highest BCUT2D eigenvalue weighted by Crippen LogP contribution is 2.38. The lowest BCUT2D eigenvalue weighted by molar-refractivity contribution is -0.671. The smallest absolute Gasteiger partial charge is 0.387 e. The number of rotatable bonds is 4. The number of halogens is 4. The third kappa shape index (κ3) is 3.59. The average molecular weight is 438 g/mol. The molecule has 2 aromatic heterocycles. The van der Waals surface area contributed by atoms with Gasteiger partial charge in [0.05, 0.1) is 11.3 Å². The Morgan fingerprint density at radius 2 is 1.83 bits per heavy atom. The van der Waals surface area contributed by atoms with E-state index in [2.05, 4.69) is 10.1 Å². The Balaban J connectivity index is 1.87. The zero-order chi connectivity index (χ0) is 20.7. The summed E-state index contributed by atoms with van der Waals surface area (Å²) in [6.45, 7) is -3.03. The van der Waals surface area contributed by atoms with E-state index >= 15 is 0 Å². The van der Waals surface area contributed by atoms with Crippen molar-refractivity contribution in [3.8, 4) is 5.75 Å². The fourth-order valence-electron chi connectivity index (χ4n) is 3.12. The van der Waals surface area contributed by atoms with Gasteiger partial charge in [0.25, 0.3) is 5.91 Å². The molecule has 29 heavy (non-hydrogen) atoms. The third-order valence-corrected chi connectivity index (χ3v) is 4.87. The molecule has 0 spiro atoms.